The third kappa shape index (κ3) is 14.1. The highest BCUT2D eigenvalue weighted by molar-refractivity contribution is 6.78. The molecule has 0 aliphatic heterocycles. The van der Waals surface area contributed by atoms with Crippen LogP contribution >= 0.6 is 0 Å². The molecule has 0 aliphatic rings. The summed E-state index contributed by atoms with van der Waals surface area (Å²) in [5.41, 5.74) is 4.92. The van der Waals surface area contributed by atoms with E-state index in [9.17, 15) is 9.59 Å². The largest absolute Gasteiger partial charge is 0.543 e. The third-order valence-corrected chi connectivity index (χ3v) is 23.5. The van der Waals surface area contributed by atoms with E-state index >= 15 is 0 Å². The van der Waals surface area contributed by atoms with Gasteiger partial charge in [0.1, 0.15) is 11.5 Å². The Morgan fingerprint density at radius 1 is 0.536 bits per heavy atom. The van der Waals surface area contributed by atoms with Crippen LogP contribution in [0.15, 0.2) is 48.5 Å². The fourth-order valence-corrected chi connectivity index (χ4v) is 19.1. The Hall–Kier alpha value is -3.10. The molecule has 2 aromatic rings. The van der Waals surface area contributed by atoms with E-state index in [-0.39, 0.29) is 24.3 Å². The van der Waals surface area contributed by atoms with Crippen LogP contribution < -0.4 is 8.85 Å². The molecule has 316 valence electrons. The smallest absolute Gasteiger partial charge is 0.314 e. The summed E-state index contributed by atoms with van der Waals surface area (Å²) in [4.78, 5) is 24.9. The Morgan fingerprint density at radius 2 is 0.857 bits per heavy atom. The normalized spacial score (nSPS) is 13.1. The zero-order valence-corrected chi connectivity index (χ0v) is 40.0. The Balaban J connectivity index is 0.000000560. The van der Waals surface area contributed by atoms with Crippen LogP contribution in [0.2, 0.25) is 33.2 Å². The zero-order valence-electron chi connectivity index (χ0n) is 38.0. The summed E-state index contributed by atoms with van der Waals surface area (Å²) in [5.74, 6) is 0.636. The maximum atomic E-state index is 12.5. The summed E-state index contributed by atoms with van der Waals surface area (Å²) in [6.07, 6.45) is 5.64. The van der Waals surface area contributed by atoms with Crippen molar-refractivity contribution in [1.82, 2.24) is 0 Å². The highest BCUT2D eigenvalue weighted by Gasteiger charge is 2.48. The minimum absolute atomic E-state index is 0.0979. The summed E-state index contributed by atoms with van der Waals surface area (Å²) >= 11 is 0. The van der Waals surface area contributed by atoms with Crippen molar-refractivity contribution in [3.63, 3.8) is 0 Å². The lowest BCUT2D eigenvalue weighted by Crippen LogP contribution is -2.50. The predicted octanol–water partition coefficient (Wildman–Crippen LogP) is 14.0. The maximum Gasteiger partial charge on any atom is 0.314 e. The van der Waals surface area contributed by atoms with Crippen molar-refractivity contribution in [2.75, 3.05) is 13.2 Å². The van der Waals surface area contributed by atoms with Crippen LogP contribution in [0.1, 0.15) is 172 Å². The minimum atomic E-state index is -2.02. The van der Waals surface area contributed by atoms with Crippen LogP contribution in [0.4, 0.5) is 0 Å². The number of carbonyl (C=O) groups excluding carboxylic acids is 2. The molecule has 2 unspecified atom stereocenters. The van der Waals surface area contributed by atoms with Crippen LogP contribution in [-0.2, 0) is 19.1 Å². The standard InChI is InChI=1S/C24H42O3Si.C23H37NO3Si/c1-9-11-17-26-24(25)23(12-10-2)21-13-15-22(16-14-21)27-28(18(3)4,19(5)6)20(7)8;1-8-9-16-26-23(25)22(14-15-24)20-10-12-21(13-11-20)27-28(17(2)3,18(4)5)19(6)7/h13-16,18-20,23H,9-12,17H2,1-8H3;10-13,17-19,22H,8-9,14,16H2,1-7H3. The second-order valence-corrected chi connectivity index (χ2v) is 28.0. The molecule has 9 heteroatoms. The Labute approximate surface area is 344 Å². The molecule has 0 radical (unpaired) electrons. The van der Waals surface area contributed by atoms with Gasteiger partial charge in [-0.2, -0.15) is 5.26 Å². The highest BCUT2D eigenvalue weighted by Crippen LogP contribution is 2.44. The van der Waals surface area contributed by atoms with E-state index in [0.29, 0.717) is 46.5 Å². The summed E-state index contributed by atoms with van der Waals surface area (Å²) in [6, 6.07) is 18.0. The molecule has 2 atom stereocenters. The molecule has 7 nitrogen and oxygen atoms in total. The molecule has 56 heavy (non-hydrogen) atoms. The van der Waals surface area contributed by atoms with Gasteiger partial charge in [-0.15, -0.1) is 0 Å². The Kier molecular flexibility index (Phi) is 23.0. The maximum absolute atomic E-state index is 12.5. The Bertz CT molecular complexity index is 1400. The van der Waals surface area contributed by atoms with Crippen LogP contribution in [0.25, 0.3) is 0 Å². The molecular weight excluding hydrogens is 731 g/mol. The summed E-state index contributed by atoms with van der Waals surface area (Å²) in [5, 5.41) is 9.13. The second-order valence-electron chi connectivity index (χ2n) is 17.3. The number of unbranched alkanes of at least 4 members (excludes halogenated alkanes) is 2. The molecule has 0 bridgehead atoms. The van der Waals surface area contributed by atoms with Crippen LogP contribution in [0, 0.1) is 11.3 Å². The summed E-state index contributed by atoms with van der Waals surface area (Å²) in [6.45, 7) is 34.5. The topological polar surface area (TPSA) is 94.9 Å². The van der Waals surface area contributed by atoms with Crippen molar-refractivity contribution in [2.45, 2.75) is 194 Å². The molecule has 0 aliphatic carbocycles. The van der Waals surface area contributed by atoms with E-state index in [1.165, 1.54) is 0 Å². The quantitative estimate of drug-likeness (QED) is 0.0626. The van der Waals surface area contributed by atoms with Gasteiger partial charge in [0.15, 0.2) is 0 Å². The van der Waals surface area contributed by atoms with Crippen LogP contribution in [0.3, 0.4) is 0 Å². The van der Waals surface area contributed by atoms with Crippen molar-refractivity contribution in [1.29, 1.82) is 5.26 Å². The van der Waals surface area contributed by atoms with E-state index in [2.05, 4.69) is 115 Å². The lowest BCUT2D eigenvalue weighted by atomic mass is 9.94. The molecule has 2 rings (SSSR count). The molecule has 0 N–H and O–H groups in total. The SMILES string of the molecule is CCCCOC(=O)C(CC#N)c1ccc(O[Si](C(C)C)(C(C)C)C(C)C)cc1.CCCCOC(=O)C(CCC)c1ccc(O[Si](C(C)C)(C(C)C)C(C)C)cc1. The van der Waals surface area contributed by atoms with E-state index in [0.717, 1.165) is 61.2 Å². The minimum Gasteiger partial charge on any atom is -0.543 e. The molecule has 0 amide bonds. The van der Waals surface area contributed by atoms with Gasteiger partial charge in [0.25, 0.3) is 16.6 Å². The number of carbonyl (C=O) groups is 2. The van der Waals surface area contributed by atoms with Crippen LogP contribution in [0.5, 0.6) is 11.5 Å². The fourth-order valence-electron chi connectivity index (χ4n) is 8.62. The molecule has 0 heterocycles. The molecular formula is C47H79NO6Si2. The molecule has 0 aromatic heterocycles. The van der Waals surface area contributed by atoms with Crippen molar-refractivity contribution in [3.8, 4) is 17.6 Å². The van der Waals surface area contributed by atoms with Gasteiger partial charge in [-0.05, 0) is 87.9 Å². The molecule has 0 saturated carbocycles. The molecule has 0 fully saturated rings. The first kappa shape index (κ1) is 50.9. The van der Waals surface area contributed by atoms with Gasteiger partial charge in [-0.25, -0.2) is 0 Å². The van der Waals surface area contributed by atoms with Gasteiger partial charge in [-0.3, -0.25) is 9.59 Å². The molecule has 0 spiro atoms. The van der Waals surface area contributed by atoms with Crippen molar-refractivity contribution >= 4 is 28.6 Å². The first-order valence-electron chi connectivity index (χ1n) is 21.7. The first-order valence-corrected chi connectivity index (χ1v) is 26.0. The van der Waals surface area contributed by atoms with E-state index < -0.39 is 22.6 Å². The summed E-state index contributed by atoms with van der Waals surface area (Å²) < 4.78 is 24.3. The monoisotopic (exact) mass is 810 g/mol. The number of hydrogen-bond acceptors (Lipinski definition) is 7. The van der Waals surface area contributed by atoms with E-state index in [1.54, 1.807) is 0 Å². The molecule has 2 aromatic carbocycles. The zero-order chi connectivity index (χ0) is 42.6. The van der Waals surface area contributed by atoms with Gasteiger partial charge in [-0.1, -0.05) is 147 Å². The van der Waals surface area contributed by atoms with Crippen molar-refractivity contribution < 1.29 is 27.9 Å². The lowest BCUT2D eigenvalue weighted by molar-refractivity contribution is -0.146. The average molecular weight is 810 g/mol. The van der Waals surface area contributed by atoms with Gasteiger partial charge in [0.05, 0.1) is 37.5 Å². The number of hydrogen-bond donors (Lipinski definition) is 0. The van der Waals surface area contributed by atoms with Crippen molar-refractivity contribution in [3.05, 3.63) is 59.7 Å². The number of rotatable bonds is 23. The van der Waals surface area contributed by atoms with Gasteiger partial charge < -0.3 is 18.3 Å². The van der Waals surface area contributed by atoms with Gasteiger partial charge in [0, 0.05) is 0 Å². The Morgan fingerprint density at radius 3 is 1.14 bits per heavy atom. The number of nitrogens with zero attached hydrogens (tertiary/aromatic N) is 1. The highest BCUT2D eigenvalue weighted by atomic mass is 28.4. The van der Waals surface area contributed by atoms with Gasteiger partial charge >= 0.3 is 11.9 Å². The predicted molar refractivity (Wildman–Crippen MR) is 239 cm³/mol. The number of nitriles is 1. The van der Waals surface area contributed by atoms with E-state index in [4.69, 9.17) is 23.6 Å². The molecule has 0 saturated heterocycles. The number of benzene rings is 2. The van der Waals surface area contributed by atoms with Crippen LogP contribution in [-0.4, -0.2) is 41.8 Å². The van der Waals surface area contributed by atoms with Gasteiger partial charge in [0.2, 0.25) is 0 Å². The van der Waals surface area contributed by atoms with E-state index in [1.807, 2.05) is 43.3 Å². The number of esters is 2. The second kappa shape index (κ2) is 25.3. The average Bonchev–Trinajstić information content (AvgIpc) is 3.14. The fraction of sp³-hybridized carbons (Fsp3) is 0.681. The number of ether oxygens (including phenoxy) is 2. The lowest BCUT2D eigenvalue weighted by Gasteiger charge is -2.42. The van der Waals surface area contributed by atoms with Crippen molar-refractivity contribution in [2.24, 2.45) is 0 Å². The third-order valence-electron chi connectivity index (χ3n) is 11.5. The first-order chi connectivity index (χ1) is 26.4. The summed E-state index contributed by atoms with van der Waals surface area (Å²) in [7, 11) is -3.98.